The third kappa shape index (κ3) is 5.47. The third-order valence-electron chi connectivity index (χ3n) is 4.54. The largest absolute Gasteiger partial charge is 0.491 e. The van der Waals surface area contributed by atoms with Crippen molar-refractivity contribution in [3.05, 3.63) is 95.6 Å². The zero-order valence-electron chi connectivity index (χ0n) is 17.5. The van der Waals surface area contributed by atoms with Crippen LogP contribution in [-0.2, 0) is 6.54 Å². The molecule has 3 aromatic carbocycles. The zero-order valence-corrected chi connectivity index (χ0v) is 17.5. The minimum atomic E-state index is -0.234. The van der Waals surface area contributed by atoms with Crippen LogP contribution >= 0.6 is 0 Å². The number of carbonyl (C=O) groups excluding carboxylic acids is 2. The lowest BCUT2D eigenvalue weighted by Crippen LogP contribution is -2.27. The maximum Gasteiger partial charge on any atom is 0.258 e. The van der Waals surface area contributed by atoms with Gasteiger partial charge in [-0.15, -0.1) is 0 Å². The SMILES string of the molecule is CC(C)Oc1cccc(CNC(=O)c2cccc(C(=O)N(C)c3ccccc3)c2)c1. The summed E-state index contributed by atoms with van der Waals surface area (Å²) in [6.45, 7) is 4.31. The molecule has 0 unspecified atom stereocenters. The van der Waals surface area contributed by atoms with Gasteiger partial charge >= 0.3 is 0 Å². The van der Waals surface area contributed by atoms with E-state index in [-0.39, 0.29) is 17.9 Å². The Bertz CT molecular complexity index is 1020. The van der Waals surface area contributed by atoms with Gasteiger partial charge in [0.2, 0.25) is 0 Å². The highest BCUT2D eigenvalue weighted by molar-refractivity contribution is 6.07. The maximum absolute atomic E-state index is 12.8. The average Bonchev–Trinajstić information content (AvgIpc) is 2.77. The van der Waals surface area contributed by atoms with E-state index in [0.717, 1.165) is 17.0 Å². The van der Waals surface area contributed by atoms with E-state index in [4.69, 9.17) is 4.74 Å². The van der Waals surface area contributed by atoms with Crippen LogP contribution in [0.15, 0.2) is 78.9 Å². The van der Waals surface area contributed by atoms with Crippen molar-refractivity contribution in [3.8, 4) is 5.75 Å². The molecule has 0 heterocycles. The molecule has 154 valence electrons. The molecular formula is C25H26N2O3. The van der Waals surface area contributed by atoms with Gasteiger partial charge in [-0.2, -0.15) is 0 Å². The first kappa shape index (κ1) is 21.1. The number of nitrogens with zero attached hydrogens (tertiary/aromatic N) is 1. The van der Waals surface area contributed by atoms with E-state index in [0.29, 0.717) is 17.7 Å². The average molecular weight is 402 g/mol. The number of anilines is 1. The van der Waals surface area contributed by atoms with E-state index >= 15 is 0 Å². The van der Waals surface area contributed by atoms with Gasteiger partial charge in [-0.3, -0.25) is 9.59 Å². The van der Waals surface area contributed by atoms with Gasteiger partial charge in [0.15, 0.2) is 0 Å². The molecular weight excluding hydrogens is 376 g/mol. The summed E-state index contributed by atoms with van der Waals surface area (Å²) in [4.78, 5) is 27.0. The molecule has 5 heteroatoms. The van der Waals surface area contributed by atoms with Crippen LogP contribution in [0.2, 0.25) is 0 Å². The van der Waals surface area contributed by atoms with Crippen molar-refractivity contribution in [2.75, 3.05) is 11.9 Å². The van der Waals surface area contributed by atoms with Gasteiger partial charge in [-0.1, -0.05) is 36.4 Å². The molecule has 0 aliphatic carbocycles. The van der Waals surface area contributed by atoms with E-state index in [2.05, 4.69) is 5.32 Å². The van der Waals surface area contributed by atoms with Crippen LogP contribution in [0.25, 0.3) is 0 Å². The molecule has 5 nitrogen and oxygen atoms in total. The lowest BCUT2D eigenvalue weighted by atomic mass is 10.1. The molecule has 2 amide bonds. The number of rotatable bonds is 7. The van der Waals surface area contributed by atoms with Gasteiger partial charge in [0.1, 0.15) is 5.75 Å². The van der Waals surface area contributed by atoms with Gasteiger partial charge in [-0.25, -0.2) is 0 Å². The quantitative estimate of drug-likeness (QED) is 0.624. The Hall–Kier alpha value is -3.60. The fourth-order valence-electron chi connectivity index (χ4n) is 3.04. The standard InChI is InChI=1S/C25H26N2O3/c1-18(2)30-23-14-7-9-19(15-23)17-26-24(28)20-10-8-11-21(16-20)25(29)27(3)22-12-5-4-6-13-22/h4-16,18H,17H2,1-3H3,(H,26,28). The van der Waals surface area contributed by atoms with E-state index < -0.39 is 0 Å². The molecule has 3 aromatic rings. The number of ether oxygens (including phenoxy) is 1. The van der Waals surface area contributed by atoms with Crippen LogP contribution in [0, 0.1) is 0 Å². The predicted octanol–water partition coefficient (Wildman–Crippen LogP) is 4.68. The van der Waals surface area contributed by atoms with Crippen LogP contribution in [0.3, 0.4) is 0 Å². The van der Waals surface area contributed by atoms with E-state index in [9.17, 15) is 9.59 Å². The third-order valence-corrected chi connectivity index (χ3v) is 4.54. The molecule has 0 bridgehead atoms. The summed E-state index contributed by atoms with van der Waals surface area (Å²) < 4.78 is 5.69. The summed E-state index contributed by atoms with van der Waals surface area (Å²) in [7, 11) is 1.72. The predicted molar refractivity (Wildman–Crippen MR) is 119 cm³/mol. The highest BCUT2D eigenvalue weighted by Crippen LogP contribution is 2.17. The Morgan fingerprint density at radius 2 is 1.60 bits per heavy atom. The second-order valence-electron chi connectivity index (χ2n) is 7.28. The molecule has 0 aromatic heterocycles. The number of carbonyl (C=O) groups is 2. The lowest BCUT2D eigenvalue weighted by Gasteiger charge is -2.17. The van der Waals surface area contributed by atoms with Gasteiger partial charge in [0.25, 0.3) is 11.8 Å². The number of para-hydroxylation sites is 1. The second kappa shape index (κ2) is 9.74. The summed E-state index contributed by atoms with van der Waals surface area (Å²) in [5.74, 6) is 0.366. The molecule has 0 aliphatic heterocycles. The lowest BCUT2D eigenvalue weighted by molar-refractivity contribution is 0.0950. The highest BCUT2D eigenvalue weighted by atomic mass is 16.5. The molecule has 30 heavy (non-hydrogen) atoms. The number of amides is 2. The van der Waals surface area contributed by atoms with E-state index in [1.165, 1.54) is 0 Å². The van der Waals surface area contributed by atoms with Crippen molar-refractivity contribution in [1.82, 2.24) is 5.32 Å². The Kier molecular flexibility index (Phi) is 6.86. The van der Waals surface area contributed by atoms with Gasteiger partial charge < -0.3 is 15.0 Å². The topological polar surface area (TPSA) is 58.6 Å². The van der Waals surface area contributed by atoms with E-state index in [1.807, 2.05) is 68.4 Å². The van der Waals surface area contributed by atoms with Crippen molar-refractivity contribution in [3.63, 3.8) is 0 Å². The van der Waals surface area contributed by atoms with Crippen molar-refractivity contribution in [2.24, 2.45) is 0 Å². The molecule has 0 saturated carbocycles. The Balaban J connectivity index is 1.67. The second-order valence-corrected chi connectivity index (χ2v) is 7.28. The van der Waals surface area contributed by atoms with Crippen LogP contribution in [0.4, 0.5) is 5.69 Å². The van der Waals surface area contributed by atoms with Gasteiger partial charge in [-0.05, 0) is 61.9 Å². The van der Waals surface area contributed by atoms with Crippen molar-refractivity contribution < 1.29 is 14.3 Å². The number of benzene rings is 3. The van der Waals surface area contributed by atoms with Crippen molar-refractivity contribution >= 4 is 17.5 Å². The molecule has 0 aliphatic rings. The summed E-state index contributed by atoms with van der Waals surface area (Å²) in [5.41, 5.74) is 2.64. The Morgan fingerprint density at radius 1 is 0.900 bits per heavy atom. The summed E-state index contributed by atoms with van der Waals surface area (Å²) in [6, 6.07) is 23.8. The van der Waals surface area contributed by atoms with Gasteiger partial charge in [0.05, 0.1) is 6.10 Å². The summed E-state index contributed by atoms with van der Waals surface area (Å²) in [5, 5.41) is 2.90. The maximum atomic E-state index is 12.8. The zero-order chi connectivity index (χ0) is 21.5. The van der Waals surface area contributed by atoms with Crippen LogP contribution < -0.4 is 15.0 Å². The minimum Gasteiger partial charge on any atom is -0.491 e. The fraction of sp³-hybridized carbons (Fsp3) is 0.200. The number of nitrogens with one attached hydrogen (secondary N) is 1. The summed E-state index contributed by atoms with van der Waals surface area (Å²) >= 11 is 0. The molecule has 0 atom stereocenters. The fourth-order valence-corrected chi connectivity index (χ4v) is 3.04. The van der Waals surface area contributed by atoms with E-state index in [1.54, 1.807) is 36.2 Å². The first-order chi connectivity index (χ1) is 14.4. The van der Waals surface area contributed by atoms with Crippen LogP contribution in [-0.4, -0.2) is 25.0 Å². The van der Waals surface area contributed by atoms with Gasteiger partial charge in [0, 0.05) is 30.4 Å². The molecule has 0 radical (unpaired) electrons. The molecule has 0 fully saturated rings. The number of hydrogen-bond acceptors (Lipinski definition) is 3. The minimum absolute atomic E-state index is 0.0872. The number of hydrogen-bond donors (Lipinski definition) is 1. The molecule has 3 rings (SSSR count). The molecule has 0 spiro atoms. The normalized spacial score (nSPS) is 10.5. The monoisotopic (exact) mass is 402 g/mol. The summed E-state index contributed by atoms with van der Waals surface area (Å²) in [6.07, 6.45) is 0.0872. The first-order valence-electron chi connectivity index (χ1n) is 9.91. The first-order valence-corrected chi connectivity index (χ1v) is 9.91. The van der Waals surface area contributed by atoms with Crippen molar-refractivity contribution in [1.29, 1.82) is 0 Å². The molecule has 0 saturated heterocycles. The van der Waals surface area contributed by atoms with Crippen molar-refractivity contribution in [2.45, 2.75) is 26.5 Å². The Labute approximate surface area is 177 Å². The van der Waals surface area contributed by atoms with Crippen LogP contribution in [0.1, 0.15) is 40.1 Å². The van der Waals surface area contributed by atoms with Crippen LogP contribution in [0.5, 0.6) is 5.75 Å². The highest BCUT2D eigenvalue weighted by Gasteiger charge is 2.15. The Morgan fingerprint density at radius 3 is 2.33 bits per heavy atom. The smallest absolute Gasteiger partial charge is 0.258 e. The molecule has 1 N–H and O–H groups in total.